The van der Waals surface area contributed by atoms with E-state index < -0.39 is 0 Å². The van der Waals surface area contributed by atoms with Gasteiger partial charge in [0.15, 0.2) is 0 Å². The van der Waals surface area contributed by atoms with Crippen molar-refractivity contribution in [3.63, 3.8) is 0 Å². The van der Waals surface area contributed by atoms with Gasteiger partial charge >= 0.3 is 6.09 Å². The summed E-state index contributed by atoms with van der Waals surface area (Å²) in [6, 6.07) is 0. The normalized spacial score (nSPS) is 23.8. The van der Waals surface area contributed by atoms with E-state index in [4.69, 9.17) is 4.74 Å². The van der Waals surface area contributed by atoms with E-state index in [0.717, 1.165) is 19.4 Å². The summed E-state index contributed by atoms with van der Waals surface area (Å²) in [4.78, 5) is 12.8. The predicted molar refractivity (Wildman–Crippen MR) is 44.0 cm³/mol. The van der Waals surface area contributed by atoms with Gasteiger partial charge in [-0.25, -0.2) is 4.79 Å². The molecule has 0 aliphatic carbocycles. The van der Waals surface area contributed by atoms with Crippen LogP contribution in [0.5, 0.6) is 0 Å². The zero-order chi connectivity index (χ0) is 8.97. The third-order valence-corrected chi connectivity index (χ3v) is 2.14. The average molecular weight is 173 g/mol. The van der Waals surface area contributed by atoms with Crippen LogP contribution in [0.25, 0.3) is 0 Å². The maximum atomic E-state index is 11.1. The number of hydrogen-bond donors (Lipinski definition) is 0. The van der Waals surface area contributed by atoms with Crippen molar-refractivity contribution < 1.29 is 14.3 Å². The monoisotopic (exact) mass is 173 g/mol. The van der Waals surface area contributed by atoms with Gasteiger partial charge in [0.1, 0.15) is 0 Å². The molecule has 4 heteroatoms. The maximum absolute atomic E-state index is 11.1. The Morgan fingerprint density at radius 3 is 2.83 bits per heavy atom. The molecule has 1 heterocycles. The van der Waals surface area contributed by atoms with Crippen molar-refractivity contribution in [3.05, 3.63) is 0 Å². The minimum Gasteiger partial charge on any atom is -0.453 e. The third kappa shape index (κ3) is 2.11. The standard InChI is InChI=1S/C8H15NO3/c1-11-7-4-3-5-9(6-7)8(10)12-2/h7H,3-6H2,1-2H3/t7-/m1/s1. The molecule has 0 aromatic rings. The van der Waals surface area contributed by atoms with Gasteiger partial charge in [-0.15, -0.1) is 0 Å². The second kappa shape index (κ2) is 4.30. The molecule has 4 nitrogen and oxygen atoms in total. The van der Waals surface area contributed by atoms with E-state index >= 15 is 0 Å². The molecular formula is C8H15NO3. The fourth-order valence-corrected chi connectivity index (χ4v) is 1.43. The molecule has 1 amide bonds. The van der Waals surface area contributed by atoms with Crippen LogP contribution < -0.4 is 0 Å². The lowest BCUT2D eigenvalue weighted by Crippen LogP contribution is -2.42. The number of methoxy groups -OCH3 is 2. The summed E-state index contributed by atoms with van der Waals surface area (Å²) in [6.45, 7) is 1.44. The molecule has 0 aromatic carbocycles. The third-order valence-electron chi connectivity index (χ3n) is 2.14. The highest BCUT2D eigenvalue weighted by atomic mass is 16.5. The van der Waals surface area contributed by atoms with Gasteiger partial charge in [0.25, 0.3) is 0 Å². The summed E-state index contributed by atoms with van der Waals surface area (Å²) in [5.74, 6) is 0. The maximum Gasteiger partial charge on any atom is 0.409 e. The van der Waals surface area contributed by atoms with E-state index in [1.54, 1.807) is 12.0 Å². The van der Waals surface area contributed by atoms with Crippen molar-refractivity contribution in [1.29, 1.82) is 0 Å². The number of carbonyl (C=O) groups is 1. The van der Waals surface area contributed by atoms with Gasteiger partial charge in [0.05, 0.1) is 19.8 Å². The van der Waals surface area contributed by atoms with Gasteiger partial charge < -0.3 is 14.4 Å². The molecule has 0 N–H and O–H groups in total. The van der Waals surface area contributed by atoms with Crippen LogP contribution in [0.15, 0.2) is 0 Å². The van der Waals surface area contributed by atoms with Crippen LogP contribution in [0.3, 0.4) is 0 Å². The van der Waals surface area contributed by atoms with Gasteiger partial charge in [0, 0.05) is 13.7 Å². The first-order valence-corrected chi connectivity index (χ1v) is 4.13. The van der Waals surface area contributed by atoms with E-state index in [1.807, 2.05) is 0 Å². The van der Waals surface area contributed by atoms with Crippen molar-refractivity contribution in [2.75, 3.05) is 27.3 Å². The average Bonchev–Trinajstić information content (AvgIpc) is 2.17. The van der Waals surface area contributed by atoms with Gasteiger partial charge in [0.2, 0.25) is 0 Å². The lowest BCUT2D eigenvalue weighted by Gasteiger charge is -2.30. The van der Waals surface area contributed by atoms with E-state index in [2.05, 4.69) is 4.74 Å². The fourth-order valence-electron chi connectivity index (χ4n) is 1.43. The molecule has 1 aliphatic heterocycles. The molecule has 0 aromatic heterocycles. The Hall–Kier alpha value is -0.770. The predicted octanol–water partition coefficient (Wildman–Crippen LogP) is 0.864. The minimum atomic E-state index is -0.253. The van der Waals surface area contributed by atoms with Crippen molar-refractivity contribution >= 4 is 6.09 Å². The first-order chi connectivity index (χ1) is 5.77. The number of rotatable bonds is 1. The van der Waals surface area contributed by atoms with Crippen molar-refractivity contribution in [3.8, 4) is 0 Å². The van der Waals surface area contributed by atoms with E-state index in [0.29, 0.717) is 6.54 Å². The number of carbonyl (C=O) groups excluding carboxylic acids is 1. The molecular weight excluding hydrogens is 158 g/mol. The smallest absolute Gasteiger partial charge is 0.409 e. The highest BCUT2D eigenvalue weighted by Crippen LogP contribution is 2.12. The topological polar surface area (TPSA) is 38.8 Å². The molecule has 0 bridgehead atoms. The number of piperidine rings is 1. The van der Waals surface area contributed by atoms with Crippen LogP contribution in [-0.2, 0) is 9.47 Å². The van der Waals surface area contributed by atoms with Crippen LogP contribution >= 0.6 is 0 Å². The highest BCUT2D eigenvalue weighted by Gasteiger charge is 2.23. The zero-order valence-corrected chi connectivity index (χ0v) is 7.58. The Kier molecular flexibility index (Phi) is 3.34. The van der Waals surface area contributed by atoms with Crippen LogP contribution in [-0.4, -0.2) is 44.4 Å². The molecule has 1 rings (SSSR count). The Balaban J connectivity index is 2.40. The number of hydrogen-bond acceptors (Lipinski definition) is 3. The summed E-state index contributed by atoms with van der Waals surface area (Å²) in [7, 11) is 3.07. The molecule has 1 fully saturated rings. The van der Waals surface area contributed by atoms with E-state index in [-0.39, 0.29) is 12.2 Å². The first-order valence-electron chi connectivity index (χ1n) is 4.13. The molecule has 12 heavy (non-hydrogen) atoms. The SMILES string of the molecule is COC(=O)N1CCC[C@@H](OC)C1. The minimum absolute atomic E-state index is 0.179. The number of amides is 1. The summed E-state index contributed by atoms with van der Waals surface area (Å²) in [6.07, 6.45) is 1.95. The molecule has 0 unspecified atom stereocenters. The quantitative estimate of drug-likeness (QED) is 0.590. The summed E-state index contributed by atoms with van der Waals surface area (Å²) in [5, 5.41) is 0. The van der Waals surface area contributed by atoms with Crippen LogP contribution in [0, 0.1) is 0 Å². The second-order valence-corrected chi connectivity index (χ2v) is 2.92. The van der Waals surface area contributed by atoms with Gasteiger partial charge in [-0.2, -0.15) is 0 Å². The number of nitrogens with zero attached hydrogens (tertiary/aromatic N) is 1. The summed E-state index contributed by atoms with van der Waals surface area (Å²) in [5.41, 5.74) is 0. The van der Waals surface area contributed by atoms with Crippen molar-refractivity contribution in [1.82, 2.24) is 4.90 Å². The van der Waals surface area contributed by atoms with Crippen molar-refractivity contribution in [2.45, 2.75) is 18.9 Å². The Labute approximate surface area is 72.4 Å². The van der Waals surface area contributed by atoms with Gasteiger partial charge in [-0.05, 0) is 12.8 Å². The van der Waals surface area contributed by atoms with Crippen LogP contribution in [0.2, 0.25) is 0 Å². The van der Waals surface area contributed by atoms with E-state index in [9.17, 15) is 4.79 Å². The summed E-state index contributed by atoms with van der Waals surface area (Å²) < 4.78 is 9.78. The van der Waals surface area contributed by atoms with Crippen molar-refractivity contribution in [2.24, 2.45) is 0 Å². The molecule has 0 saturated carbocycles. The largest absolute Gasteiger partial charge is 0.453 e. The fraction of sp³-hybridized carbons (Fsp3) is 0.875. The Morgan fingerprint density at radius 2 is 2.25 bits per heavy atom. The van der Waals surface area contributed by atoms with E-state index in [1.165, 1.54) is 7.11 Å². The van der Waals surface area contributed by atoms with Gasteiger partial charge in [-0.3, -0.25) is 0 Å². The Morgan fingerprint density at radius 1 is 1.50 bits per heavy atom. The van der Waals surface area contributed by atoms with Crippen LogP contribution in [0.4, 0.5) is 4.79 Å². The molecule has 70 valence electrons. The highest BCUT2D eigenvalue weighted by molar-refractivity contribution is 5.67. The van der Waals surface area contributed by atoms with Crippen LogP contribution in [0.1, 0.15) is 12.8 Å². The molecule has 1 aliphatic rings. The summed E-state index contributed by atoms with van der Waals surface area (Å²) >= 11 is 0. The molecule has 1 atom stereocenters. The molecule has 1 saturated heterocycles. The first kappa shape index (κ1) is 9.32. The number of ether oxygens (including phenoxy) is 2. The zero-order valence-electron chi connectivity index (χ0n) is 7.58. The lowest BCUT2D eigenvalue weighted by atomic mass is 10.1. The molecule has 0 spiro atoms. The lowest BCUT2D eigenvalue weighted by molar-refractivity contribution is 0.0288. The van der Waals surface area contributed by atoms with Gasteiger partial charge in [-0.1, -0.05) is 0 Å². The Bertz CT molecular complexity index is 160. The second-order valence-electron chi connectivity index (χ2n) is 2.92. The number of likely N-dealkylation sites (tertiary alicyclic amines) is 1. The molecule has 0 radical (unpaired) electrons.